The average Bonchev–Trinajstić information content (AvgIpc) is 2.77. The van der Waals surface area contributed by atoms with Crippen molar-refractivity contribution in [3.8, 4) is 5.75 Å². The van der Waals surface area contributed by atoms with E-state index in [9.17, 15) is 4.39 Å². The predicted octanol–water partition coefficient (Wildman–Crippen LogP) is 4.20. The standard InChI is InChI=1S/C17H16FNO/c1-12-6-8-14(9-7-12)20-11-13-10-19(2)16-5-3-4-15(18)17(13)16/h3-10H,11H2,1-2H3. The third-order valence-corrected chi connectivity index (χ3v) is 3.46. The summed E-state index contributed by atoms with van der Waals surface area (Å²) < 4.78 is 21.6. The lowest BCUT2D eigenvalue weighted by Crippen LogP contribution is -1.95. The maximum atomic E-state index is 14.0. The van der Waals surface area contributed by atoms with Gasteiger partial charge >= 0.3 is 0 Å². The Hall–Kier alpha value is -2.29. The fraction of sp³-hybridized carbons (Fsp3) is 0.176. The van der Waals surface area contributed by atoms with Crippen LogP contribution in [0.3, 0.4) is 0 Å². The minimum Gasteiger partial charge on any atom is -0.489 e. The molecule has 0 bridgehead atoms. The molecule has 0 saturated heterocycles. The van der Waals surface area contributed by atoms with Crippen molar-refractivity contribution >= 4 is 10.9 Å². The number of aryl methyl sites for hydroxylation is 2. The van der Waals surface area contributed by atoms with E-state index in [0.717, 1.165) is 16.8 Å². The smallest absolute Gasteiger partial charge is 0.132 e. The van der Waals surface area contributed by atoms with E-state index in [0.29, 0.717) is 12.0 Å². The SMILES string of the molecule is Cc1ccc(OCc2cn(C)c3cccc(F)c23)cc1. The number of rotatable bonds is 3. The maximum absolute atomic E-state index is 14.0. The third-order valence-electron chi connectivity index (χ3n) is 3.46. The summed E-state index contributed by atoms with van der Waals surface area (Å²) in [6, 6.07) is 13.0. The van der Waals surface area contributed by atoms with E-state index in [4.69, 9.17) is 4.74 Å². The van der Waals surface area contributed by atoms with E-state index in [1.54, 1.807) is 6.07 Å². The second-order valence-electron chi connectivity index (χ2n) is 5.00. The molecule has 0 atom stereocenters. The molecule has 2 nitrogen and oxygen atoms in total. The Morgan fingerprint density at radius 1 is 1.10 bits per heavy atom. The van der Waals surface area contributed by atoms with E-state index in [-0.39, 0.29) is 5.82 Å². The summed E-state index contributed by atoms with van der Waals surface area (Å²) >= 11 is 0. The second kappa shape index (κ2) is 5.00. The summed E-state index contributed by atoms with van der Waals surface area (Å²) in [5.41, 5.74) is 2.93. The molecule has 1 aromatic heterocycles. The largest absolute Gasteiger partial charge is 0.489 e. The number of ether oxygens (including phenoxy) is 1. The van der Waals surface area contributed by atoms with E-state index in [1.807, 2.05) is 55.1 Å². The van der Waals surface area contributed by atoms with Gasteiger partial charge in [-0.1, -0.05) is 23.8 Å². The lowest BCUT2D eigenvalue weighted by atomic mass is 10.2. The molecule has 20 heavy (non-hydrogen) atoms. The fourth-order valence-corrected chi connectivity index (χ4v) is 2.40. The Labute approximate surface area is 117 Å². The molecule has 3 heteroatoms. The van der Waals surface area contributed by atoms with Gasteiger partial charge in [-0.25, -0.2) is 4.39 Å². The topological polar surface area (TPSA) is 14.2 Å². The molecule has 2 aromatic carbocycles. The third kappa shape index (κ3) is 2.27. The summed E-state index contributed by atoms with van der Waals surface area (Å²) in [7, 11) is 1.91. The molecule has 0 fully saturated rings. The van der Waals surface area contributed by atoms with Gasteiger partial charge in [-0.3, -0.25) is 0 Å². The quantitative estimate of drug-likeness (QED) is 0.695. The van der Waals surface area contributed by atoms with E-state index >= 15 is 0 Å². The Bertz CT molecular complexity index is 744. The van der Waals surface area contributed by atoms with Crippen LogP contribution < -0.4 is 4.74 Å². The van der Waals surface area contributed by atoms with Gasteiger partial charge in [0, 0.05) is 24.2 Å². The number of fused-ring (bicyclic) bond motifs is 1. The summed E-state index contributed by atoms with van der Waals surface area (Å²) in [6.45, 7) is 2.39. The predicted molar refractivity (Wildman–Crippen MR) is 78.4 cm³/mol. The zero-order valence-corrected chi connectivity index (χ0v) is 11.6. The monoisotopic (exact) mass is 269 g/mol. The maximum Gasteiger partial charge on any atom is 0.132 e. The molecule has 3 rings (SSSR count). The zero-order chi connectivity index (χ0) is 14.1. The van der Waals surface area contributed by atoms with Gasteiger partial charge in [-0.15, -0.1) is 0 Å². The number of halogens is 1. The molecular formula is C17H16FNO. The van der Waals surface area contributed by atoms with Crippen molar-refractivity contribution in [1.82, 2.24) is 4.57 Å². The lowest BCUT2D eigenvalue weighted by Gasteiger charge is -2.06. The van der Waals surface area contributed by atoms with Crippen molar-refractivity contribution in [3.05, 3.63) is 65.6 Å². The minimum absolute atomic E-state index is 0.203. The molecule has 0 saturated carbocycles. The van der Waals surface area contributed by atoms with E-state index in [1.165, 1.54) is 11.6 Å². The van der Waals surface area contributed by atoms with Gasteiger partial charge in [0.25, 0.3) is 0 Å². The van der Waals surface area contributed by atoms with Crippen LogP contribution in [0.25, 0.3) is 10.9 Å². The first-order chi connectivity index (χ1) is 9.65. The summed E-state index contributed by atoms with van der Waals surface area (Å²) in [5, 5.41) is 0.641. The number of nitrogens with zero attached hydrogens (tertiary/aromatic N) is 1. The molecular weight excluding hydrogens is 253 g/mol. The average molecular weight is 269 g/mol. The molecule has 3 aromatic rings. The normalized spacial score (nSPS) is 10.9. The summed E-state index contributed by atoms with van der Waals surface area (Å²) in [5.74, 6) is 0.592. The van der Waals surface area contributed by atoms with Crippen molar-refractivity contribution in [2.45, 2.75) is 13.5 Å². The Balaban J connectivity index is 1.89. The van der Waals surface area contributed by atoms with Crippen LogP contribution in [-0.2, 0) is 13.7 Å². The van der Waals surface area contributed by atoms with Gasteiger partial charge in [-0.05, 0) is 31.2 Å². The molecule has 0 unspecified atom stereocenters. The van der Waals surface area contributed by atoms with Gasteiger partial charge in [0.2, 0.25) is 0 Å². The molecule has 0 amide bonds. The first kappa shape index (κ1) is 12.7. The molecule has 0 aliphatic heterocycles. The Morgan fingerprint density at radius 3 is 2.60 bits per heavy atom. The molecule has 0 aliphatic carbocycles. The van der Waals surface area contributed by atoms with Gasteiger partial charge < -0.3 is 9.30 Å². The van der Waals surface area contributed by atoms with Crippen LogP contribution in [0.2, 0.25) is 0 Å². The number of hydrogen-bond acceptors (Lipinski definition) is 1. The van der Waals surface area contributed by atoms with Crippen LogP contribution >= 0.6 is 0 Å². The Morgan fingerprint density at radius 2 is 1.85 bits per heavy atom. The highest BCUT2D eigenvalue weighted by Crippen LogP contribution is 2.25. The van der Waals surface area contributed by atoms with Crippen LogP contribution in [0.4, 0.5) is 4.39 Å². The first-order valence-electron chi connectivity index (χ1n) is 6.57. The highest BCUT2D eigenvalue weighted by Gasteiger charge is 2.11. The van der Waals surface area contributed by atoms with Crippen LogP contribution in [0.5, 0.6) is 5.75 Å². The van der Waals surface area contributed by atoms with Gasteiger partial charge in [0.1, 0.15) is 18.2 Å². The highest BCUT2D eigenvalue weighted by molar-refractivity contribution is 5.84. The van der Waals surface area contributed by atoms with Gasteiger partial charge in [0.05, 0.1) is 5.52 Å². The van der Waals surface area contributed by atoms with Crippen LogP contribution in [0, 0.1) is 12.7 Å². The van der Waals surface area contributed by atoms with Crippen LogP contribution in [0.15, 0.2) is 48.7 Å². The number of hydrogen-bond donors (Lipinski definition) is 0. The van der Waals surface area contributed by atoms with Crippen molar-refractivity contribution < 1.29 is 9.13 Å². The van der Waals surface area contributed by atoms with Gasteiger partial charge in [0.15, 0.2) is 0 Å². The first-order valence-corrected chi connectivity index (χ1v) is 6.57. The lowest BCUT2D eigenvalue weighted by molar-refractivity contribution is 0.307. The van der Waals surface area contributed by atoms with Crippen molar-refractivity contribution in [3.63, 3.8) is 0 Å². The highest BCUT2D eigenvalue weighted by atomic mass is 19.1. The fourth-order valence-electron chi connectivity index (χ4n) is 2.40. The molecule has 0 spiro atoms. The van der Waals surface area contributed by atoms with Crippen molar-refractivity contribution in [1.29, 1.82) is 0 Å². The van der Waals surface area contributed by atoms with Crippen molar-refractivity contribution in [2.24, 2.45) is 7.05 Å². The van der Waals surface area contributed by atoms with Gasteiger partial charge in [-0.2, -0.15) is 0 Å². The molecule has 102 valence electrons. The second-order valence-corrected chi connectivity index (χ2v) is 5.00. The van der Waals surface area contributed by atoms with Crippen LogP contribution in [0.1, 0.15) is 11.1 Å². The summed E-state index contributed by atoms with van der Waals surface area (Å²) in [6.07, 6.45) is 1.92. The molecule has 0 aliphatic rings. The zero-order valence-electron chi connectivity index (χ0n) is 11.6. The van der Waals surface area contributed by atoms with E-state index in [2.05, 4.69) is 0 Å². The minimum atomic E-state index is -0.203. The molecule has 1 heterocycles. The number of aromatic nitrogens is 1. The molecule has 0 N–H and O–H groups in total. The van der Waals surface area contributed by atoms with E-state index < -0.39 is 0 Å². The van der Waals surface area contributed by atoms with Crippen molar-refractivity contribution in [2.75, 3.05) is 0 Å². The summed E-state index contributed by atoms with van der Waals surface area (Å²) in [4.78, 5) is 0. The molecule has 0 radical (unpaired) electrons. The number of benzene rings is 2. The van der Waals surface area contributed by atoms with Crippen LogP contribution in [-0.4, -0.2) is 4.57 Å². The Kier molecular flexibility index (Phi) is 3.18.